The molecule has 1 aliphatic carbocycles. The smallest absolute Gasteiger partial charge is 0.326 e. The molecule has 7 heteroatoms. The van der Waals surface area contributed by atoms with Crippen LogP contribution in [-0.2, 0) is 9.59 Å². The molecular weight excluding hydrogens is 351 g/mol. The average Bonchev–Trinajstić information content (AvgIpc) is 3.15. The van der Waals surface area contributed by atoms with Gasteiger partial charge in [-0.05, 0) is 48.8 Å². The predicted molar refractivity (Wildman–Crippen MR) is 97.8 cm³/mol. The molecule has 1 saturated heterocycles. The van der Waals surface area contributed by atoms with Crippen LogP contribution in [0.5, 0.6) is 0 Å². The minimum Gasteiger partial charge on any atom is -0.480 e. The Hall–Kier alpha value is -2.44. The molecule has 2 amide bonds. The first-order valence-corrected chi connectivity index (χ1v) is 9.41. The average molecular weight is 376 g/mol. The van der Waals surface area contributed by atoms with Crippen LogP contribution in [0.2, 0.25) is 0 Å². The topological polar surface area (TPSA) is 86.7 Å². The molecule has 27 heavy (non-hydrogen) atoms. The van der Waals surface area contributed by atoms with E-state index in [0.29, 0.717) is 6.54 Å². The monoisotopic (exact) mass is 376 g/mol. The first-order chi connectivity index (χ1) is 12.8. The maximum atomic E-state index is 14.4. The van der Waals surface area contributed by atoms with E-state index in [9.17, 15) is 23.9 Å². The lowest BCUT2D eigenvalue weighted by atomic mass is 9.94. The quantitative estimate of drug-likeness (QED) is 0.827. The third-order valence-corrected chi connectivity index (χ3v) is 5.49. The number of carbonyl (C=O) groups is 3. The highest BCUT2D eigenvalue weighted by molar-refractivity contribution is 5.98. The van der Waals surface area contributed by atoms with Crippen molar-refractivity contribution in [1.82, 2.24) is 4.90 Å². The highest BCUT2D eigenvalue weighted by Crippen LogP contribution is 2.42. The summed E-state index contributed by atoms with van der Waals surface area (Å²) in [5.74, 6) is -2.14. The lowest BCUT2D eigenvalue weighted by Crippen LogP contribution is -2.43. The van der Waals surface area contributed by atoms with E-state index in [-0.39, 0.29) is 41.3 Å². The Kier molecular flexibility index (Phi) is 5.48. The van der Waals surface area contributed by atoms with Gasteiger partial charge in [0, 0.05) is 18.5 Å². The number of anilines is 1. The number of fused-ring (bicyclic) bond motifs is 1. The number of nitrogens with zero attached hydrogens (tertiary/aromatic N) is 1. The number of carbonyl (C=O) groups excluding carboxylic acids is 2. The van der Waals surface area contributed by atoms with E-state index in [2.05, 4.69) is 5.32 Å². The molecular formula is C20H25FN2O4. The van der Waals surface area contributed by atoms with Crippen molar-refractivity contribution in [3.8, 4) is 0 Å². The Bertz CT molecular complexity index is 764. The van der Waals surface area contributed by atoms with Gasteiger partial charge in [0.2, 0.25) is 5.91 Å². The van der Waals surface area contributed by atoms with E-state index in [1.807, 2.05) is 13.8 Å². The maximum Gasteiger partial charge on any atom is 0.326 e. The number of benzene rings is 1. The van der Waals surface area contributed by atoms with Gasteiger partial charge in [0.15, 0.2) is 0 Å². The van der Waals surface area contributed by atoms with Crippen LogP contribution in [0.1, 0.15) is 49.9 Å². The Balaban J connectivity index is 1.76. The minimum atomic E-state index is -1.00. The molecule has 1 aliphatic heterocycles. The second kappa shape index (κ2) is 7.66. The first kappa shape index (κ1) is 19.3. The Morgan fingerprint density at radius 3 is 2.67 bits per heavy atom. The molecule has 0 radical (unpaired) electrons. The zero-order valence-corrected chi connectivity index (χ0v) is 15.6. The molecule has 146 valence electrons. The molecule has 3 rings (SSSR count). The van der Waals surface area contributed by atoms with Gasteiger partial charge in [0.05, 0.1) is 5.69 Å². The second-order valence-corrected chi connectivity index (χ2v) is 7.94. The zero-order chi connectivity index (χ0) is 19.7. The number of aliphatic carboxylic acids is 1. The predicted octanol–water partition coefficient (Wildman–Crippen LogP) is 3.14. The van der Waals surface area contributed by atoms with Crippen LogP contribution >= 0.6 is 0 Å². The molecule has 1 heterocycles. The number of halogens is 1. The van der Waals surface area contributed by atoms with Gasteiger partial charge in [0.25, 0.3) is 5.91 Å². The maximum absolute atomic E-state index is 14.4. The van der Waals surface area contributed by atoms with Crippen molar-refractivity contribution < 1.29 is 23.9 Å². The zero-order valence-electron chi connectivity index (χ0n) is 15.6. The molecule has 1 aromatic carbocycles. The number of rotatable bonds is 5. The molecule has 0 bridgehead atoms. The molecule has 1 aromatic rings. The molecule has 1 saturated carbocycles. The van der Waals surface area contributed by atoms with Crippen LogP contribution < -0.4 is 5.32 Å². The fourth-order valence-corrected chi connectivity index (χ4v) is 4.32. The van der Waals surface area contributed by atoms with E-state index in [1.165, 1.54) is 17.0 Å². The van der Waals surface area contributed by atoms with E-state index in [4.69, 9.17) is 0 Å². The summed E-state index contributed by atoms with van der Waals surface area (Å²) in [6.45, 7) is 4.18. The van der Waals surface area contributed by atoms with Crippen molar-refractivity contribution in [3.63, 3.8) is 0 Å². The molecule has 2 aliphatic rings. The van der Waals surface area contributed by atoms with Crippen molar-refractivity contribution in [2.75, 3.05) is 11.9 Å². The van der Waals surface area contributed by atoms with E-state index >= 15 is 0 Å². The lowest BCUT2D eigenvalue weighted by Gasteiger charge is -2.24. The van der Waals surface area contributed by atoms with Crippen LogP contribution in [0.25, 0.3) is 0 Å². The largest absolute Gasteiger partial charge is 0.480 e. The molecule has 2 fully saturated rings. The Morgan fingerprint density at radius 1 is 1.30 bits per heavy atom. The van der Waals surface area contributed by atoms with Gasteiger partial charge in [-0.2, -0.15) is 0 Å². The summed E-state index contributed by atoms with van der Waals surface area (Å²) >= 11 is 0. The number of likely N-dealkylation sites (tertiary alicyclic amines) is 1. The molecule has 0 aromatic heterocycles. The van der Waals surface area contributed by atoms with Gasteiger partial charge in [-0.1, -0.05) is 20.3 Å². The van der Waals surface area contributed by atoms with Crippen LogP contribution in [0.4, 0.5) is 10.1 Å². The highest BCUT2D eigenvalue weighted by atomic mass is 19.1. The highest BCUT2D eigenvalue weighted by Gasteiger charge is 2.49. The summed E-state index contributed by atoms with van der Waals surface area (Å²) in [6.07, 6.45) is 2.99. The van der Waals surface area contributed by atoms with E-state index in [1.54, 1.807) is 0 Å². The third-order valence-electron chi connectivity index (χ3n) is 5.49. The Labute approximate surface area is 157 Å². The van der Waals surface area contributed by atoms with Crippen LogP contribution in [0.3, 0.4) is 0 Å². The number of hydrogen-bond acceptors (Lipinski definition) is 3. The number of carboxylic acid groups (broad SMARTS) is 1. The molecule has 6 nitrogen and oxygen atoms in total. The van der Waals surface area contributed by atoms with Crippen molar-refractivity contribution >= 4 is 23.5 Å². The van der Waals surface area contributed by atoms with Crippen LogP contribution in [0, 0.1) is 23.6 Å². The molecule has 3 unspecified atom stereocenters. The lowest BCUT2D eigenvalue weighted by molar-refractivity contribution is -0.142. The van der Waals surface area contributed by atoms with Gasteiger partial charge in [-0.25, -0.2) is 9.18 Å². The van der Waals surface area contributed by atoms with Crippen molar-refractivity contribution in [2.24, 2.45) is 17.8 Å². The summed E-state index contributed by atoms with van der Waals surface area (Å²) in [5.41, 5.74) is 0.117. The van der Waals surface area contributed by atoms with Gasteiger partial charge in [0.1, 0.15) is 11.9 Å². The number of carboxylic acids is 1. The van der Waals surface area contributed by atoms with Gasteiger partial charge in [-0.3, -0.25) is 9.59 Å². The first-order valence-electron chi connectivity index (χ1n) is 9.41. The molecule has 3 atom stereocenters. The van der Waals surface area contributed by atoms with Crippen LogP contribution in [0.15, 0.2) is 18.2 Å². The number of amides is 2. The van der Waals surface area contributed by atoms with Crippen LogP contribution in [-0.4, -0.2) is 40.4 Å². The van der Waals surface area contributed by atoms with Crippen molar-refractivity contribution in [3.05, 3.63) is 29.6 Å². The fraction of sp³-hybridized carbons (Fsp3) is 0.550. The third kappa shape index (κ3) is 3.96. The van der Waals surface area contributed by atoms with Gasteiger partial charge >= 0.3 is 5.97 Å². The van der Waals surface area contributed by atoms with Gasteiger partial charge in [-0.15, -0.1) is 0 Å². The van der Waals surface area contributed by atoms with Gasteiger partial charge < -0.3 is 15.3 Å². The summed E-state index contributed by atoms with van der Waals surface area (Å²) in [4.78, 5) is 37.7. The van der Waals surface area contributed by atoms with Crippen molar-refractivity contribution in [2.45, 2.75) is 45.6 Å². The van der Waals surface area contributed by atoms with E-state index in [0.717, 1.165) is 25.3 Å². The number of hydrogen-bond donors (Lipinski definition) is 2. The second-order valence-electron chi connectivity index (χ2n) is 7.94. The number of nitrogens with one attached hydrogen (secondary N) is 1. The molecule has 0 spiro atoms. The Morgan fingerprint density at radius 2 is 2.04 bits per heavy atom. The summed E-state index contributed by atoms with van der Waals surface area (Å²) < 4.78 is 14.4. The SMILES string of the molecule is CC(C)CC(=O)Nc1ccc(C(=O)N2CC3CCCC3C2C(=O)O)cc1F. The minimum absolute atomic E-state index is 0.0188. The summed E-state index contributed by atoms with van der Waals surface area (Å²) in [5, 5.41) is 12.1. The fourth-order valence-electron chi connectivity index (χ4n) is 4.32. The standard InChI is InChI=1S/C20H25FN2O4/c1-11(2)8-17(24)22-16-7-6-12(9-15(16)21)19(25)23-10-13-4-3-5-14(13)18(23)20(26)27/h6-7,9,11,13-14,18H,3-5,8,10H2,1-2H3,(H,22,24)(H,26,27). The van der Waals surface area contributed by atoms with E-state index < -0.39 is 23.7 Å². The normalized spacial score (nSPS) is 24.1. The van der Waals surface area contributed by atoms with Crippen molar-refractivity contribution in [1.29, 1.82) is 0 Å². The molecule has 2 N–H and O–H groups in total. The summed E-state index contributed by atoms with van der Waals surface area (Å²) in [7, 11) is 0. The summed E-state index contributed by atoms with van der Waals surface area (Å²) in [6, 6.07) is 3.01.